The lowest BCUT2D eigenvalue weighted by Gasteiger charge is -2.21. The monoisotopic (exact) mass is 264 g/mol. The first kappa shape index (κ1) is 14.4. The first-order valence-electron chi connectivity index (χ1n) is 5.17. The van der Waals surface area contributed by atoms with Crippen LogP contribution in [0.25, 0.3) is 0 Å². The van der Waals surface area contributed by atoms with E-state index in [-0.39, 0.29) is 5.69 Å². The van der Waals surface area contributed by atoms with Crippen molar-refractivity contribution >= 4 is 5.69 Å². The van der Waals surface area contributed by atoms with Crippen LogP contribution in [-0.4, -0.2) is 33.0 Å². The Kier molecular flexibility index (Phi) is 4.66. The van der Waals surface area contributed by atoms with Crippen LogP contribution >= 0.6 is 0 Å². The van der Waals surface area contributed by atoms with Crippen molar-refractivity contribution in [3.8, 4) is 11.5 Å². The third-order valence-electron chi connectivity index (χ3n) is 2.36. The fourth-order valence-corrected chi connectivity index (χ4v) is 1.40. The molecule has 0 heterocycles. The standard InChI is InChI=1S/C11H15F3N2O2/c1-17-8-4-3-7(5-9(8)18-2)16-10(6-15)11(12,13)14/h3-5,10,16H,6,15H2,1-2H3. The summed E-state index contributed by atoms with van der Waals surface area (Å²) in [4.78, 5) is 0. The van der Waals surface area contributed by atoms with E-state index < -0.39 is 18.8 Å². The molecule has 0 fully saturated rings. The Morgan fingerprint density at radius 1 is 1.22 bits per heavy atom. The number of rotatable bonds is 5. The minimum absolute atomic E-state index is 0.264. The molecule has 102 valence electrons. The van der Waals surface area contributed by atoms with Crippen molar-refractivity contribution in [2.45, 2.75) is 12.2 Å². The van der Waals surface area contributed by atoms with E-state index in [9.17, 15) is 13.2 Å². The van der Waals surface area contributed by atoms with Crippen molar-refractivity contribution in [2.24, 2.45) is 5.73 Å². The molecule has 0 amide bonds. The molecular formula is C11H15F3N2O2. The van der Waals surface area contributed by atoms with Crippen LogP contribution in [0.2, 0.25) is 0 Å². The van der Waals surface area contributed by atoms with Crippen molar-refractivity contribution in [2.75, 3.05) is 26.1 Å². The summed E-state index contributed by atoms with van der Waals surface area (Å²) < 4.78 is 47.6. The summed E-state index contributed by atoms with van der Waals surface area (Å²) >= 11 is 0. The number of halogens is 3. The molecule has 0 saturated carbocycles. The molecule has 0 aliphatic rings. The summed E-state index contributed by atoms with van der Waals surface area (Å²) in [7, 11) is 2.86. The molecule has 1 atom stereocenters. The second-order valence-corrected chi connectivity index (χ2v) is 3.54. The smallest absolute Gasteiger partial charge is 0.409 e. The third-order valence-corrected chi connectivity index (χ3v) is 2.36. The van der Waals surface area contributed by atoms with Crippen molar-refractivity contribution in [1.82, 2.24) is 0 Å². The summed E-state index contributed by atoms with van der Waals surface area (Å²) in [5, 5.41) is 2.31. The van der Waals surface area contributed by atoms with E-state index in [2.05, 4.69) is 5.32 Å². The predicted octanol–water partition coefficient (Wildman–Crippen LogP) is 2.01. The van der Waals surface area contributed by atoms with Gasteiger partial charge in [-0.2, -0.15) is 13.2 Å². The van der Waals surface area contributed by atoms with E-state index in [4.69, 9.17) is 15.2 Å². The number of anilines is 1. The average molecular weight is 264 g/mol. The van der Waals surface area contributed by atoms with Crippen LogP contribution < -0.4 is 20.5 Å². The van der Waals surface area contributed by atoms with Gasteiger partial charge in [0.25, 0.3) is 0 Å². The molecule has 4 nitrogen and oxygen atoms in total. The molecule has 0 saturated heterocycles. The van der Waals surface area contributed by atoms with E-state index in [1.165, 1.54) is 32.4 Å². The van der Waals surface area contributed by atoms with E-state index in [1.807, 2.05) is 0 Å². The highest BCUT2D eigenvalue weighted by atomic mass is 19.4. The van der Waals surface area contributed by atoms with Gasteiger partial charge in [-0.3, -0.25) is 0 Å². The highest BCUT2D eigenvalue weighted by Gasteiger charge is 2.38. The highest BCUT2D eigenvalue weighted by Crippen LogP contribution is 2.31. The highest BCUT2D eigenvalue weighted by molar-refractivity contribution is 5.55. The van der Waals surface area contributed by atoms with Gasteiger partial charge in [0.1, 0.15) is 6.04 Å². The molecule has 1 unspecified atom stereocenters. The Morgan fingerprint density at radius 2 is 1.83 bits per heavy atom. The number of nitrogens with two attached hydrogens (primary N) is 1. The Labute approximate surface area is 103 Å². The summed E-state index contributed by atoms with van der Waals surface area (Å²) in [6.45, 7) is -0.544. The van der Waals surface area contributed by atoms with Gasteiger partial charge < -0.3 is 20.5 Å². The predicted molar refractivity (Wildman–Crippen MR) is 62.1 cm³/mol. The Balaban J connectivity index is 2.91. The maximum atomic E-state index is 12.5. The van der Waals surface area contributed by atoms with Gasteiger partial charge in [0, 0.05) is 18.3 Å². The SMILES string of the molecule is COc1ccc(NC(CN)C(F)(F)F)cc1OC. The number of benzene rings is 1. The zero-order valence-electron chi connectivity index (χ0n) is 10.0. The Morgan fingerprint density at radius 3 is 2.28 bits per heavy atom. The molecule has 7 heteroatoms. The van der Waals surface area contributed by atoms with Gasteiger partial charge in [-0.25, -0.2) is 0 Å². The van der Waals surface area contributed by atoms with Crippen molar-refractivity contribution < 1.29 is 22.6 Å². The molecule has 1 rings (SSSR count). The van der Waals surface area contributed by atoms with Gasteiger partial charge in [-0.15, -0.1) is 0 Å². The fraction of sp³-hybridized carbons (Fsp3) is 0.455. The minimum atomic E-state index is -4.40. The lowest BCUT2D eigenvalue weighted by atomic mass is 10.2. The van der Waals surface area contributed by atoms with Gasteiger partial charge in [0.2, 0.25) is 0 Å². The zero-order chi connectivity index (χ0) is 13.8. The molecule has 0 aromatic heterocycles. The van der Waals surface area contributed by atoms with Crippen LogP contribution in [0.3, 0.4) is 0 Å². The number of ether oxygens (including phenoxy) is 2. The summed E-state index contributed by atoms with van der Waals surface area (Å²) in [6.07, 6.45) is -4.40. The number of hydrogen-bond donors (Lipinski definition) is 2. The first-order valence-corrected chi connectivity index (χ1v) is 5.17. The Hall–Kier alpha value is -1.63. The molecule has 0 aliphatic carbocycles. The summed E-state index contributed by atoms with van der Waals surface area (Å²) in [5.74, 6) is 0.791. The van der Waals surface area contributed by atoms with Crippen molar-refractivity contribution in [1.29, 1.82) is 0 Å². The second-order valence-electron chi connectivity index (χ2n) is 3.54. The molecule has 3 N–H and O–H groups in total. The summed E-state index contributed by atoms with van der Waals surface area (Å²) in [6, 6.07) is 2.62. The molecule has 1 aromatic rings. The maximum absolute atomic E-state index is 12.5. The molecule has 0 radical (unpaired) electrons. The Bertz CT molecular complexity index is 396. The van der Waals surface area contributed by atoms with Gasteiger partial charge in [0.15, 0.2) is 11.5 Å². The van der Waals surface area contributed by atoms with Gasteiger partial charge in [-0.1, -0.05) is 0 Å². The molecule has 18 heavy (non-hydrogen) atoms. The van der Waals surface area contributed by atoms with Crippen molar-refractivity contribution in [3.63, 3.8) is 0 Å². The minimum Gasteiger partial charge on any atom is -0.493 e. The molecular weight excluding hydrogens is 249 g/mol. The normalized spacial score (nSPS) is 13.0. The molecule has 0 bridgehead atoms. The van der Waals surface area contributed by atoms with Crippen LogP contribution in [0.15, 0.2) is 18.2 Å². The maximum Gasteiger partial charge on any atom is 0.409 e. The zero-order valence-corrected chi connectivity index (χ0v) is 10.0. The van der Waals surface area contributed by atoms with Gasteiger partial charge in [0.05, 0.1) is 14.2 Å². The van der Waals surface area contributed by atoms with E-state index in [1.54, 1.807) is 0 Å². The first-order chi connectivity index (χ1) is 8.42. The van der Waals surface area contributed by atoms with E-state index in [0.29, 0.717) is 11.5 Å². The van der Waals surface area contributed by atoms with E-state index in [0.717, 1.165) is 0 Å². The lowest BCUT2D eigenvalue weighted by molar-refractivity contribution is -0.140. The molecule has 1 aromatic carbocycles. The topological polar surface area (TPSA) is 56.5 Å². The fourth-order valence-electron chi connectivity index (χ4n) is 1.40. The van der Waals surface area contributed by atoms with E-state index >= 15 is 0 Å². The van der Waals surface area contributed by atoms with Gasteiger partial charge in [-0.05, 0) is 12.1 Å². The summed E-state index contributed by atoms with van der Waals surface area (Å²) in [5.41, 5.74) is 5.36. The lowest BCUT2D eigenvalue weighted by Crippen LogP contribution is -2.42. The molecule has 0 spiro atoms. The number of alkyl halides is 3. The van der Waals surface area contributed by atoms with Crippen LogP contribution in [0.1, 0.15) is 0 Å². The van der Waals surface area contributed by atoms with Crippen LogP contribution in [0.5, 0.6) is 11.5 Å². The van der Waals surface area contributed by atoms with Gasteiger partial charge >= 0.3 is 6.18 Å². The number of nitrogens with one attached hydrogen (secondary N) is 1. The average Bonchev–Trinajstić information content (AvgIpc) is 2.34. The number of hydrogen-bond acceptors (Lipinski definition) is 4. The van der Waals surface area contributed by atoms with Crippen LogP contribution in [0.4, 0.5) is 18.9 Å². The third kappa shape index (κ3) is 3.43. The van der Waals surface area contributed by atoms with Crippen LogP contribution in [-0.2, 0) is 0 Å². The molecule has 0 aliphatic heterocycles. The second kappa shape index (κ2) is 5.81. The quantitative estimate of drug-likeness (QED) is 0.854. The largest absolute Gasteiger partial charge is 0.493 e. The van der Waals surface area contributed by atoms with Crippen molar-refractivity contribution in [3.05, 3.63) is 18.2 Å². The van der Waals surface area contributed by atoms with Crippen LogP contribution in [0, 0.1) is 0 Å². The number of methoxy groups -OCH3 is 2.